The van der Waals surface area contributed by atoms with Gasteiger partial charge in [0.25, 0.3) is 0 Å². The summed E-state index contributed by atoms with van der Waals surface area (Å²) in [5.41, 5.74) is 2.28. The second-order valence-electron chi connectivity index (χ2n) is 6.69. The summed E-state index contributed by atoms with van der Waals surface area (Å²) >= 11 is 1.53. The Morgan fingerprint density at radius 1 is 1.24 bits per heavy atom. The Labute approximate surface area is 174 Å². The molecule has 3 aromatic rings. The van der Waals surface area contributed by atoms with Crippen LogP contribution in [0, 0.1) is 0 Å². The zero-order chi connectivity index (χ0) is 21.0. The van der Waals surface area contributed by atoms with Crippen LogP contribution in [0.25, 0.3) is 11.3 Å². The number of nitrogens with zero attached hydrogens (tertiary/aromatic N) is 4. The van der Waals surface area contributed by atoms with Crippen molar-refractivity contribution in [3.8, 4) is 17.0 Å². The molecule has 0 fully saturated rings. The number of ether oxygens (including phenoxy) is 1. The third-order valence-electron chi connectivity index (χ3n) is 3.82. The molecule has 3 aromatic heterocycles. The lowest BCUT2D eigenvalue weighted by Gasteiger charge is -2.15. The van der Waals surface area contributed by atoms with E-state index in [1.807, 2.05) is 51.5 Å². The van der Waals surface area contributed by atoms with Gasteiger partial charge in [0.15, 0.2) is 0 Å². The normalized spacial score (nSPS) is 10.8. The van der Waals surface area contributed by atoms with Crippen LogP contribution in [0.15, 0.2) is 41.7 Å². The number of anilines is 3. The minimum atomic E-state index is -0.191. The number of carbonyl (C=O) groups is 1. The fraction of sp³-hybridized carbons (Fsp3) is 0.300. The fourth-order valence-electron chi connectivity index (χ4n) is 2.70. The molecule has 0 aliphatic rings. The van der Waals surface area contributed by atoms with Gasteiger partial charge >= 0.3 is 0 Å². The van der Waals surface area contributed by atoms with Crippen LogP contribution in [-0.4, -0.2) is 38.0 Å². The molecular formula is C20H24N6O2S. The molecule has 29 heavy (non-hydrogen) atoms. The Balaban J connectivity index is 2.03. The Bertz CT molecular complexity index is 1020. The number of pyridine rings is 2. The molecule has 3 rings (SSSR count). The summed E-state index contributed by atoms with van der Waals surface area (Å²) < 4.78 is 7.58. The summed E-state index contributed by atoms with van der Waals surface area (Å²) in [6.45, 7) is 5.41. The summed E-state index contributed by atoms with van der Waals surface area (Å²) in [5, 5.41) is 11.3. The van der Waals surface area contributed by atoms with Crippen molar-refractivity contribution in [3.63, 3.8) is 0 Å². The largest absolute Gasteiger partial charge is 0.491 e. The van der Waals surface area contributed by atoms with Crippen molar-refractivity contribution < 1.29 is 9.53 Å². The molecule has 152 valence electrons. The van der Waals surface area contributed by atoms with Crippen LogP contribution in [0.4, 0.5) is 17.3 Å². The van der Waals surface area contributed by atoms with E-state index in [0.29, 0.717) is 11.6 Å². The SMILES string of the molecule is CSc1cc(OC(C)C)cc(Nc2cc(NC(C)=O)ncc2-c2ccn(C)n2)n1. The summed E-state index contributed by atoms with van der Waals surface area (Å²) in [6.07, 6.45) is 5.56. The molecule has 8 nitrogen and oxygen atoms in total. The van der Waals surface area contributed by atoms with Crippen molar-refractivity contribution in [2.75, 3.05) is 16.9 Å². The van der Waals surface area contributed by atoms with Gasteiger partial charge in [0, 0.05) is 50.1 Å². The molecule has 0 unspecified atom stereocenters. The highest BCUT2D eigenvalue weighted by atomic mass is 32.2. The number of hydrogen-bond donors (Lipinski definition) is 2. The topological polar surface area (TPSA) is 94.0 Å². The summed E-state index contributed by atoms with van der Waals surface area (Å²) in [5.74, 6) is 1.62. The molecule has 1 amide bonds. The second-order valence-corrected chi connectivity index (χ2v) is 7.52. The highest BCUT2D eigenvalue weighted by Gasteiger charge is 2.13. The highest BCUT2D eigenvalue weighted by Crippen LogP contribution is 2.32. The molecule has 0 bridgehead atoms. The second kappa shape index (κ2) is 8.95. The molecule has 0 radical (unpaired) electrons. The lowest BCUT2D eigenvalue weighted by atomic mass is 10.1. The molecular weight excluding hydrogens is 388 g/mol. The first-order valence-electron chi connectivity index (χ1n) is 9.11. The van der Waals surface area contributed by atoms with Crippen LogP contribution in [0.3, 0.4) is 0 Å². The van der Waals surface area contributed by atoms with E-state index in [4.69, 9.17) is 4.74 Å². The van der Waals surface area contributed by atoms with Crippen LogP contribution in [0.1, 0.15) is 20.8 Å². The Morgan fingerprint density at radius 2 is 2.03 bits per heavy atom. The maximum atomic E-state index is 11.5. The standard InChI is InChI=1S/C20H24N6O2S/c1-12(2)28-14-8-19(24-20(9-14)29-5)23-17-10-18(22-13(3)27)21-11-15(17)16-6-7-26(4)25-16/h6-12H,1-5H3,(H2,21,22,23,24,27). The highest BCUT2D eigenvalue weighted by molar-refractivity contribution is 7.98. The van der Waals surface area contributed by atoms with E-state index in [0.717, 1.165) is 27.7 Å². The summed E-state index contributed by atoms with van der Waals surface area (Å²) in [4.78, 5) is 20.4. The Hall–Kier alpha value is -3.07. The lowest BCUT2D eigenvalue weighted by molar-refractivity contribution is -0.114. The van der Waals surface area contributed by atoms with Gasteiger partial charge in [-0.25, -0.2) is 9.97 Å². The van der Waals surface area contributed by atoms with Crippen LogP contribution < -0.4 is 15.4 Å². The van der Waals surface area contributed by atoms with Crippen LogP contribution in [0.2, 0.25) is 0 Å². The predicted octanol–water partition coefficient (Wildman–Crippen LogP) is 4.09. The minimum absolute atomic E-state index is 0.0522. The molecule has 3 heterocycles. The van der Waals surface area contributed by atoms with E-state index >= 15 is 0 Å². The number of amides is 1. The van der Waals surface area contributed by atoms with Crippen molar-refractivity contribution in [2.45, 2.75) is 31.9 Å². The first-order valence-corrected chi connectivity index (χ1v) is 10.3. The van der Waals surface area contributed by atoms with E-state index in [9.17, 15) is 4.79 Å². The lowest BCUT2D eigenvalue weighted by Crippen LogP contribution is -2.09. The first-order chi connectivity index (χ1) is 13.8. The quantitative estimate of drug-likeness (QED) is 0.565. The summed E-state index contributed by atoms with van der Waals surface area (Å²) in [6, 6.07) is 7.42. The maximum absolute atomic E-state index is 11.5. The smallest absolute Gasteiger partial charge is 0.222 e. The zero-order valence-corrected chi connectivity index (χ0v) is 17.9. The molecule has 9 heteroatoms. The van der Waals surface area contributed by atoms with Gasteiger partial charge in [0.1, 0.15) is 22.4 Å². The molecule has 0 saturated heterocycles. The maximum Gasteiger partial charge on any atom is 0.222 e. The van der Waals surface area contributed by atoms with Crippen molar-refractivity contribution in [2.24, 2.45) is 7.05 Å². The zero-order valence-electron chi connectivity index (χ0n) is 17.1. The average molecular weight is 413 g/mol. The predicted molar refractivity (Wildman–Crippen MR) is 116 cm³/mol. The number of carbonyl (C=O) groups excluding carboxylic acids is 1. The molecule has 0 saturated carbocycles. The van der Waals surface area contributed by atoms with Gasteiger partial charge in [-0.3, -0.25) is 9.48 Å². The molecule has 0 aliphatic carbocycles. The Kier molecular flexibility index (Phi) is 6.38. The molecule has 0 aliphatic heterocycles. The van der Waals surface area contributed by atoms with E-state index in [1.165, 1.54) is 18.7 Å². The number of aryl methyl sites for hydroxylation is 1. The van der Waals surface area contributed by atoms with Crippen molar-refractivity contribution in [1.82, 2.24) is 19.7 Å². The van der Waals surface area contributed by atoms with Crippen molar-refractivity contribution in [3.05, 3.63) is 36.7 Å². The van der Waals surface area contributed by atoms with Gasteiger partial charge in [0.05, 0.1) is 17.5 Å². The van der Waals surface area contributed by atoms with Crippen molar-refractivity contribution in [1.29, 1.82) is 0 Å². The average Bonchev–Trinajstić information content (AvgIpc) is 3.06. The van der Waals surface area contributed by atoms with Crippen LogP contribution in [-0.2, 0) is 11.8 Å². The fourth-order valence-corrected chi connectivity index (χ4v) is 3.12. The molecule has 2 N–H and O–H groups in total. The number of rotatable bonds is 7. The van der Waals surface area contributed by atoms with Crippen LogP contribution >= 0.6 is 11.8 Å². The van der Waals surface area contributed by atoms with E-state index < -0.39 is 0 Å². The third-order valence-corrected chi connectivity index (χ3v) is 4.44. The van der Waals surface area contributed by atoms with Gasteiger partial charge in [-0.15, -0.1) is 11.8 Å². The number of thioether (sulfide) groups is 1. The van der Waals surface area contributed by atoms with E-state index in [1.54, 1.807) is 16.9 Å². The summed E-state index contributed by atoms with van der Waals surface area (Å²) in [7, 11) is 1.86. The van der Waals surface area contributed by atoms with E-state index in [2.05, 4.69) is 25.7 Å². The monoisotopic (exact) mass is 412 g/mol. The van der Waals surface area contributed by atoms with Crippen molar-refractivity contribution >= 4 is 35.0 Å². The van der Waals surface area contributed by atoms with E-state index in [-0.39, 0.29) is 12.0 Å². The number of nitrogens with one attached hydrogen (secondary N) is 2. The van der Waals surface area contributed by atoms with Gasteiger partial charge in [0.2, 0.25) is 5.91 Å². The van der Waals surface area contributed by atoms with Gasteiger partial charge in [-0.2, -0.15) is 5.10 Å². The minimum Gasteiger partial charge on any atom is -0.491 e. The molecule has 0 spiro atoms. The van der Waals surface area contributed by atoms with Gasteiger partial charge in [-0.05, 0) is 26.2 Å². The van der Waals surface area contributed by atoms with Crippen LogP contribution in [0.5, 0.6) is 5.75 Å². The van der Waals surface area contributed by atoms with Gasteiger partial charge in [-0.1, -0.05) is 0 Å². The number of hydrogen-bond acceptors (Lipinski definition) is 7. The third kappa shape index (κ3) is 5.47. The molecule has 0 aromatic carbocycles. The Morgan fingerprint density at radius 3 is 2.66 bits per heavy atom. The first kappa shape index (κ1) is 20.7. The van der Waals surface area contributed by atoms with Gasteiger partial charge < -0.3 is 15.4 Å². The molecule has 0 atom stereocenters. The number of aromatic nitrogens is 4.